The Morgan fingerprint density at radius 2 is 2.17 bits per heavy atom. The quantitative estimate of drug-likeness (QED) is 0.333. The Balaban J connectivity index is 0.00000289. The first-order chi connectivity index (χ1) is 7.84. The van der Waals surface area contributed by atoms with Gasteiger partial charge in [-0.3, -0.25) is 0 Å². The van der Waals surface area contributed by atoms with E-state index in [0.29, 0.717) is 12.6 Å². The highest BCUT2D eigenvalue weighted by Gasteiger charge is 2.24. The van der Waals surface area contributed by atoms with E-state index in [1.165, 1.54) is 0 Å². The van der Waals surface area contributed by atoms with Gasteiger partial charge in [-0.25, -0.2) is 4.99 Å². The predicted molar refractivity (Wildman–Crippen MR) is 86.1 cm³/mol. The highest BCUT2D eigenvalue weighted by atomic mass is 127. The average Bonchev–Trinajstić information content (AvgIpc) is 2.23. The molecule has 104 valence electrons. The highest BCUT2D eigenvalue weighted by molar-refractivity contribution is 14.0. The topological polar surface area (TPSA) is 50.8 Å². The molecule has 0 aromatic carbocycles. The maximum absolute atomic E-state index is 6.01. The molecule has 1 rings (SSSR count). The number of nitrogens with zero attached hydrogens (tertiary/aromatic N) is 2. The van der Waals surface area contributed by atoms with Crippen LogP contribution in [0.2, 0.25) is 0 Å². The minimum Gasteiger partial charge on any atom is -0.375 e. The third-order valence-corrected chi connectivity index (χ3v) is 2.80. The van der Waals surface area contributed by atoms with E-state index < -0.39 is 0 Å². The zero-order valence-electron chi connectivity index (χ0n) is 11.6. The Morgan fingerprint density at radius 3 is 2.61 bits per heavy atom. The van der Waals surface area contributed by atoms with Gasteiger partial charge in [0.1, 0.15) is 6.04 Å². The number of hydrogen-bond donors (Lipinski definition) is 1. The number of guanidine groups is 1. The lowest BCUT2D eigenvalue weighted by Gasteiger charge is -2.33. The molecule has 1 fully saturated rings. The van der Waals surface area contributed by atoms with Gasteiger partial charge in [-0.2, -0.15) is 0 Å². The number of terminal acetylenes is 1. The summed E-state index contributed by atoms with van der Waals surface area (Å²) in [6, 6.07) is -0.194. The lowest BCUT2D eigenvalue weighted by atomic mass is 9.88. The first-order valence-corrected chi connectivity index (χ1v) is 6.00. The largest absolute Gasteiger partial charge is 0.375 e. The first-order valence-electron chi connectivity index (χ1n) is 6.00. The zero-order chi connectivity index (χ0) is 13.1. The molecule has 0 radical (unpaired) electrons. The van der Waals surface area contributed by atoms with Gasteiger partial charge in [0.05, 0.1) is 12.7 Å². The van der Waals surface area contributed by atoms with E-state index >= 15 is 0 Å². The Kier molecular flexibility index (Phi) is 7.00. The van der Waals surface area contributed by atoms with Crippen LogP contribution in [0.5, 0.6) is 0 Å². The molecule has 1 aliphatic heterocycles. The maximum atomic E-state index is 6.01. The second-order valence-electron chi connectivity index (χ2n) is 5.55. The molecule has 2 atom stereocenters. The van der Waals surface area contributed by atoms with Gasteiger partial charge in [0.15, 0.2) is 5.96 Å². The van der Waals surface area contributed by atoms with E-state index in [2.05, 4.69) is 31.7 Å². The van der Waals surface area contributed by atoms with E-state index in [1.54, 1.807) is 0 Å². The molecule has 2 N–H and O–H groups in total. The molecule has 0 amide bonds. The Labute approximate surface area is 127 Å². The predicted octanol–water partition coefficient (Wildman–Crippen LogP) is 1.69. The number of morpholine rings is 1. The van der Waals surface area contributed by atoms with Crippen LogP contribution in [0.4, 0.5) is 0 Å². The number of ether oxygens (including phenoxy) is 1. The van der Waals surface area contributed by atoms with E-state index in [9.17, 15) is 0 Å². The molecular formula is C13H24IN3O. The molecule has 1 heterocycles. The van der Waals surface area contributed by atoms with Crippen molar-refractivity contribution < 1.29 is 4.74 Å². The molecule has 0 aliphatic carbocycles. The summed E-state index contributed by atoms with van der Waals surface area (Å²) in [5.41, 5.74) is 5.94. The van der Waals surface area contributed by atoms with Crippen LogP contribution in [-0.4, -0.2) is 42.7 Å². The summed E-state index contributed by atoms with van der Waals surface area (Å²) >= 11 is 0. The molecule has 5 heteroatoms. The number of halogens is 1. The molecule has 1 aliphatic rings. The van der Waals surface area contributed by atoms with Crippen molar-refractivity contribution in [2.24, 2.45) is 16.1 Å². The van der Waals surface area contributed by atoms with E-state index in [0.717, 1.165) is 13.1 Å². The van der Waals surface area contributed by atoms with Gasteiger partial charge in [-0.05, 0) is 12.3 Å². The standard InChI is InChI=1S/C13H23N3O.HI/c1-6-11(13(3,4)5)15-12(14)16-7-8-17-10(2)9-16;/h1,10-11H,7-9H2,2-5H3,(H2,14,15);1H. The van der Waals surface area contributed by atoms with Crippen molar-refractivity contribution in [1.29, 1.82) is 0 Å². The lowest BCUT2D eigenvalue weighted by molar-refractivity contribution is 0.00519. The number of nitrogens with two attached hydrogens (primary N) is 1. The molecule has 0 aromatic heterocycles. The van der Waals surface area contributed by atoms with Gasteiger partial charge in [0.2, 0.25) is 0 Å². The van der Waals surface area contributed by atoms with Gasteiger partial charge in [-0.1, -0.05) is 26.7 Å². The van der Waals surface area contributed by atoms with Crippen molar-refractivity contribution >= 4 is 29.9 Å². The van der Waals surface area contributed by atoms with E-state index in [4.69, 9.17) is 16.9 Å². The van der Waals surface area contributed by atoms with Crippen LogP contribution < -0.4 is 5.73 Å². The molecule has 0 aromatic rings. The average molecular weight is 365 g/mol. The summed E-state index contributed by atoms with van der Waals surface area (Å²) in [6.45, 7) is 10.5. The van der Waals surface area contributed by atoms with Gasteiger partial charge in [0, 0.05) is 13.1 Å². The van der Waals surface area contributed by atoms with Crippen LogP contribution in [0.15, 0.2) is 4.99 Å². The van der Waals surface area contributed by atoms with Crippen LogP contribution in [0.1, 0.15) is 27.7 Å². The molecule has 2 unspecified atom stereocenters. The summed E-state index contributed by atoms with van der Waals surface area (Å²) < 4.78 is 5.46. The third-order valence-electron chi connectivity index (χ3n) is 2.80. The normalized spacial score (nSPS) is 22.9. The van der Waals surface area contributed by atoms with Crippen molar-refractivity contribution in [2.75, 3.05) is 19.7 Å². The van der Waals surface area contributed by atoms with Crippen molar-refractivity contribution in [3.05, 3.63) is 0 Å². The number of aliphatic imine (C=N–C) groups is 1. The van der Waals surface area contributed by atoms with Gasteiger partial charge < -0.3 is 15.4 Å². The fourth-order valence-electron chi connectivity index (χ4n) is 1.72. The minimum atomic E-state index is -0.194. The Bertz CT molecular complexity index is 330. The second kappa shape index (κ2) is 7.19. The van der Waals surface area contributed by atoms with Crippen LogP contribution in [0, 0.1) is 17.8 Å². The summed E-state index contributed by atoms with van der Waals surface area (Å²) in [6.07, 6.45) is 5.70. The molecule has 0 saturated carbocycles. The highest BCUT2D eigenvalue weighted by Crippen LogP contribution is 2.21. The first kappa shape index (κ1) is 17.5. The second-order valence-corrected chi connectivity index (χ2v) is 5.55. The van der Waals surface area contributed by atoms with Crippen molar-refractivity contribution in [3.8, 4) is 12.3 Å². The fraction of sp³-hybridized carbons (Fsp3) is 0.769. The molecule has 0 bridgehead atoms. The van der Waals surface area contributed by atoms with Crippen molar-refractivity contribution in [2.45, 2.75) is 39.8 Å². The SMILES string of the molecule is C#CC(N=C(N)N1CCOC(C)C1)C(C)(C)C.I. The van der Waals surface area contributed by atoms with E-state index in [1.807, 2.05) is 11.8 Å². The van der Waals surface area contributed by atoms with Crippen LogP contribution in [-0.2, 0) is 4.74 Å². The molecular weight excluding hydrogens is 341 g/mol. The molecule has 1 saturated heterocycles. The molecule has 0 spiro atoms. The Morgan fingerprint density at radius 1 is 1.56 bits per heavy atom. The summed E-state index contributed by atoms with van der Waals surface area (Å²) in [5.74, 6) is 3.22. The lowest BCUT2D eigenvalue weighted by Crippen LogP contribution is -2.48. The molecule has 4 nitrogen and oxygen atoms in total. The van der Waals surface area contributed by atoms with Gasteiger partial charge >= 0.3 is 0 Å². The third kappa shape index (κ3) is 5.02. The maximum Gasteiger partial charge on any atom is 0.192 e. The van der Waals surface area contributed by atoms with Crippen molar-refractivity contribution in [3.63, 3.8) is 0 Å². The smallest absolute Gasteiger partial charge is 0.192 e. The summed E-state index contributed by atoms with van der Waals surface area (Å²) in [7, 11) is 0. The Hall–Kier alpha value is -0.480. The van der Waals surface area contributed by atoms with Crippen LogP contribution in [0.25, 0.3) is 0 Å². The van der Waals surface area contributed by atoms with Crippen molar-refractivity contribution in [1.82, 2.24) is 4.90 Å². The van der Waals surface area contributed by atoms with Gasteiger partial charge in [-0.15, -0.1) is 30.4 Å². The van der Waals surface area contributed by atoms with Gasteiger partial charge in [0.25, 0.3) is 0 Å². The fourth-order valence-corrected chi connectivity index (χ4v) is 1.72. The summed E-state index contributed by atoms with van der Waals surface area (Å²) in [4.78, 5) is 6.49. The minimum absolute atomic E-state index is 0. The summed E-state index contributed by atoms with van der Waals surface area (Å²) in [5, 5.41) is 0. The van der Waals surface area contributed by atoms with Crippen LogP contribution in [0.3, 0.4) is 0 Å². The van der Waals surface area contributed by atoms with E-state index in [-0.39, 0.29) is 41.5 Å². The monoisotopic (exact) mass is 365 g/mol. The van der Waals surface area contributed by atoms with Crippen LogP contribution >= 0.6 is 24.0 Å². The zero-order valence-corrected chi connectivity index (χ0v) is 14.0. The molecule has 18 heavy (non-hydrogen) atoms. The number of hydrogen-bond acceptors (Lipinski definition) is 2. The number of rotatable bonds is 1.